The van der Waals surface area contributed by atoms with Crippen LogP contribution in [-0.4, -0.2) is 97.5 Å². The average molecular weight is 755 g/mol. The van der Waals surface area contributed by atoms with Crippen LogP contribution in [0.25, 0.3) is 0 Å². The molecule has 0 aliphatic carbocycles. The summed E-state index contributed by atoms with van der Waals surface area (Å²) in [4.78, 5) is 12.4. The molecule has 1 saturated heterocycles. The zero-order valence-electron chi connectivity index (χ0n) is 31.9. The highest BCUT2D eigenvalue weighted by molar-refractivity contribution is 7.80. The predicted octanol–water partition coefficient (Wildman–Crippen LogP) is 7.35. The SMILES string of the molecule is CCCCCCCCCCCCCCCCCCCCCCCOCC(COC1OC(CO)C(O)C(OS(=O)(=O)O)C1O)OC(=O)CCCCC. The Morgan fingerprint density at radius 3 is 1.57 bits per heavy atom. The molecule has 0 aromatic rings. The van der Waals surface area contributed by atoms with Crippen LogP contribution in [0.1, 0.15) is 174 Å². The summed E-state index contributed by atoms with van der Waals surface area (Å²) in [7, 11) is -5.04. The van der Waals surface area contributed by atoms with E-state index in [9.17, 15) is 28.5 Å². The van der Waals surface area contributed by atoms with Gasteiger partial charge in [0.2, 0.25) is 0 Å². The second-order valence-corrected chi connectivity index (χ2v) is 15.3. The van der Waals surface area contributed by atoms with Crippen LogP contribution < -0.4 is 0 Å². The number of aliphatic hydroxyl groups is 3. The molecule has 51 heavy (non-hydrogen) atoms. The number of ether oxygens (including phenoxy) is 4. The number of hydrogen-bond acceptors (Lipinski definition) is 11. The Morgan fingerprint density at radius 2 is 1.12 bits per heavy atom. The maximum atomic E-state index is 12.4. The molecule has 0 amide bonds. The molecule has 4 N–H and O–H groups in total. The first-order valence-electron chi connectivity index (χ1n) is 20.3. The first-order chi connectivity index (χ1) is 24.6. The maximum absolute atomic E-state index is 12.4. The number of rotatable bonds is 35. The monoisotopic (exact) mass is 754 g/mol. The number of carbonyl (C=O) groups excluding carboxylic acids is 1. The van der Waals surface area contributed by atoms with Crippen molar-refractivity contribution in [2.45, 2.75) is 211 Å². The number of unbranched alkanes of at least 4 members (excludes halogenated alkanes) is 22. The van der Waals surface area contributed by atoms with Crippen LogP contribution in [-0.2, 0) is 38.3 Å². The van der Waals surface area contributed by atoms with Crippen molar-refractivity contribution >= 4 is 16.4 Å². The Hall–Kier alpha value is -0.900. The quantitative estimate of drug-likeness (QED) is 0.0288. The van der Waals surface area contributed by atoms with E-state index in [0.717, 1.165) is 32.1 Å². The minimum absolute atomic E-state index is 0.0402. The molecule has 0 aromatic carbocycles. The molecule has 0 radical (unpaired) electrons. The first kappa shape index (κ1) is 48.1. The molecule has 1 aliphatic heterocycles. The molecule has 6 atom stereocenters. The Kier molecular flexibility index (Phi) is 29.7. The third-order valence-electron chi connectivity index (χ3n) is 9.48. The third kappa shape index (κ3) is 25.7. The van der Waals surface area contributed by atoms with Gasteiger partial charge in [-0.3, -0.25) is 9.35 Å². The zero-order valence-corrected chi connectivity index (χ0v) is 32.7. The van der Waals surface area contributed by atoms with Gasteiger partial charge < -0.3 is 34.3 Å². The second kappa shape index (κ2) is 31.5. The van der Waals surface area contributed by atoms with Crippen LogP contribution in [0.3, 0.4) is 0 Å². The fourth-order valence-corrected chi connectivity index (χ4v) is 6.89. The van der Waals surface area contributed by atoms with E-state index in [1.54, 1.807) is 0 Å². The minimum Gasteiger partial charge on any atom is -0.457 e. The van der Waals surface area contributed by atoms with Crippen LogP contribution in [0.4, 0.5) is 0 Å². The summed E-state index contributed by atoms with van der Waals surface area (Å²) in [6, 6.07) is 0. The number of esters is 1. The van der Waals surface area contributed by atoms with Gasteiger partial charge in [0.05, 0.1) is 19.8 Å². The van der Waals surface area contributed by atoms with Gasteiger partial charge >= 0.3 is 16.4 Å². The highest BCUT2D eigenvalue weighted by Gasteiger charge is 2.48. The summed E-state index contributed by atoms with van der Waals surface area (Å²) in [6.07, 6.45) is 21.1. The van der Waals surface area contributed by atoms with E-state index < -0.39 is 59.8 Å². The van der Waals surface area contributed by atoms with Crippen molar-refractivity contribution in [3.05, 3.63) is 0 Å². The molecular weight excluding hydrogens is 680 g/mol. The van der Waals surface area contributed by atoms with Crippen molar-refractivity contribution < 1.29 is 56.2 Å². The highest BCUT2D eigenvalue weighted by atomic mass is 32.3. The lowest BCUT2D eigenvalue weighted by molar-refractivity contribution is -0.301. The largest absolute Gasteiger partial charge is 0.457 e. The minimum atomic E-state index is -5.04. The Balaban J connectivity index is 2.22. The molecule has 1 aliphatic rings. The van der Waals surface area contributed by atoms with Crippen molar-refractivity contribution in [1.29, 1.82) is 0 Å². The molecule has 1 fully saturated rings. The average Bonchev–Trinajstić information content (AvgIpc) is 3.09. The van der Waals surface area contributed by atoms with E-state index in [1.165, 1.54) is 116 Å². The summed E-state index contributed by atoms with van der Waals surface area (Å²) in [5.74, 6) is -0.420. The van der Waals surface area contributed by atoms with Crippen LogP contribution >= 0.6 is 0 Å². The molecular formula is C38H74O12S. The van der Waals surface area contributed by atoms with Gasteiger partial charge in [0.1, 0.15) is 30.5 Å². The summed E-state index contributed by atoms with van der Waals surface area (Å²) in [5, 5.41) is 30.3. The molecule has 13 heteroatoms. The molecule has 304 valence electrons. The van der Waals surface area contributed by atoms with Crippen molar-refractivity contribution in [2.24, 2.45) is 0 Å². The summed E-state index contributed by atoms with van der Waals surface area (Å²) >= 11 is 0. The Bertz CT molecular complexity index is 921. The fraction of sp³-hybridized carbons (Fsp3) is 0.974. The van der Waals surface area contributed by atoms with E-state index in [0.29, 0.717) is 13.0 Å². The topological polar surface area (TPSA) is 178 Å². The maximum Gasteiger partial charge on any atom is 0.397 e. The van der Waals surface area contributed by atoms with Crippen LogP contribution in [0.15, 0.2) is 0 Å². The van der Waals surface area contributed by atoms with E-state index >= 15 is 0 Å². The second-order valence-electron chi connectivity index (χ2n) is 14.2. The number of aliphatic hydroxyl groups excluding tert-OH is 3. The van der Waals surface area contributed by atoms with Gasteiger partial charge in [-0.05, 0) is 12.8 Å². The standard InChI is InChI=1S/C38H74O12S/c1-3-5-7-8-9-10-11-12-13-14-15-16-17-18-19-20-21-22-23-24-26-28-46-30-32(48-34(40)27-25-6-4-2)31-47-38-36(42)37(50-51(43,44)45)35(41)33(29-39)49-38/h32-33,35-39,41-42H,3-31H2,1-2H3,(H,43,44,45). The van der Waals surface area contributed by atoms with Gasteiger partial charge in [-0.1, -0.05) is 155 Å². The Morgan fingerprint density at radius 1 is 0.667 bits per heavy atom. The predicted molar refractivity (Wildman–Crippen MR) is 198 cm³/mol. The summed E-state index contributed by atoms with van der Waals surface area (Å²) in [6.45, 7) is 3.81. The highest BCUT2D eigenvalue weighted by Crippen LogP contribution is 2.26. The molecule has 1 rings (SSSR count). The lowest BCUT2D eigenvalue weighted by Gasteiger charge is -2.41. The molecule has 0 aromatic heterocycles. The van der Waals surface area contributed by atoms with Gasteiger partial charge in [-0.25, -0.2) is 4.18 Å². The van der Waals surface area contributed by atoms with Crippen LogP contribution in [0, 0.1) is 0 Å². The van der Waals surface area contributed by atoms with Gasteiger partial charge in [0.25, 0.3) is 0 Å². The first-order valence-corrected chi connectivity index (χ1v) is 21.7. The summed E-state index contributed by atoms with van der Waals surface area (Å²) in [5.41, 5.74) is 0. The van der Waals surface area contributed by atoms with Crippen molar-refractivity contribution in [3.8, 4) is 0 Å². The molecule has 12 nitrogen and oxygen atoms in total. The van der Waals surface area contributed by atoms with E-state index in [1.807, 2.05) is 6.92 Å². The molecule has 0 bridgehead atoms. The summed E-state index contributed by atoms with van der Waals surface area (Å²) < 4.78 is 58.3. The number of carbonyl (C=O) groups is 1. The van der Waals surface area contributed by atoms with Gasteiger partial charge in [0, 0.05) is 13.0 Å². The molecule has 0 saturated carbocycles. The smallest absolute Gasteiger partial charge is 0.397 e. The van der Waals surface area contributed by atoms with Crippen molar-refractivity contribution in [2.75, 3.05) is 26.4 Å². The van der Waals surface area contributed by atoms with Crippen LogP contribution in [0.5, 0.6) is 0 Å². The lowest BCUT2D eigenvalue weighted by Crippen LogP contribution is -2.60. The lowest BCUT2D eigenvalue weighted by atomic mass is 9.99. The number of hydrogen-bond donors (Lipinski definition) is 4. The van der Waals surface area contributed by atoms with Gasteiger partial charge in [-0.15, -0.1) is 0 Å². The zero-order chi connectivity index (χ0) is 37.6. The van der Waals surface area contributed by atoms with E-state index in [-0.39, 0.29) is 19.6 Å². The fourth-order valence-electron chi connectivity index (χ4n) is 6.38. The van der Waals surface area contributed by atoms with Gasteiger partial charge in [0.15, 0.2) is 6.29 Å². The molecule has 6 unspecified atom stereocenters. The Labute approximate surface area is 309 Å². The van der Waals surface area contributed by atoms with E-state index in [4.69, 9.17) is 23.5 Å². The normalized spacial score (nSPS) is 21.6. The van der Waals surface area contributed by atoms with Crippen molar-refractivity contribution in [3.63, 3.8) is 0 Å². The van der Waals surface area contributed by atoms with Crippen LogP contribution in [0.2, 0.25) is 0 Å². The van der Waals surface area contributed by atoms with E-state index in [2.05, 4.69) is 11.1 Å². The molecule has 0 spiro atoms. The third-order valence-corrected chi connectivity index (χ3v) is 9.94. The van der Waals surface area contributed by atoms with Gasteiger partial charge in [-0.2, -0.15) is 8.42 Å². The molecule has 1 heterocycles. The van der Waals surface area contributed by atoms with Crippen molar-refractivity contribution in [1.82, 2.24) is 0 Å².